The van der Waals surface area contributed by atoms with E-state index >= 15 is 0 Å². The molecule has 2 fully saturated rings. The molecular formula is C30H40O7. The van der Waals surface area contributed by atoms with E-state index in [0.29, 0.717) is 23.1 Å². The molecule has 2 saturated carbocycles. The quantitative estimate of drug-likeness (QED) is 0.327. The molecule has 0 radical (unpaired) electrons. The van der Waals surface area contributed by atoms with Gasteiger partial charge in [0.15, 0.2) is 17.5 Å². The number of fused-ring (bicyclic) bond motifs is 3. The molecule has 202 valence electrons. The molecule has 37 heavy (non-hydrogen) atoms. The van der Waals surface area contributed by atoms with E-state index in [4.69, 9.17) is 9.47 Å². The Bertz CT molecular complexity index is 1150. The van der Waals surface area contributed by atoms with Gasteiger partial charge in [0, 0.05) is 17.1 Å². The van der Waals surface area contributed by atoms with Gasteiger partial charge >= 0.3 is 11.9 Å². The van der Waals surface area contributed by atoms with E-state index in [1.165, 1.54) is 0 Å². The summed E-state index contributed by atoms with van der Waals surface area (Å²) in [5, 5.41) is 24.4. The molecule has 0 aromatic rings. The predicted octanol–water partition coefficient (Wildman–Crippen LogP) is 3.85. The molecule has 0 saturated heterocycles. The Morgan fingerprint density at radius 3 is 2.32 bits per heavy atom. The Morgan fingerprint density at radius 2 is 1.73 bits per heavy atom. The first-order chi connectivity index (χ1) is 17.2. The van der Waals surface area contributed by atoms with Gasteiger partial charge in [-0.15, -0.1) is 0 Å². The van der Waals surface area contributed by atoms with Gasteiger partial charge in [-0.2, -0.15) is 0 Å². The summed E-state index contributed by atoms with van der Waals surface area (Å²) in [7, 11) is 0. The number of carbonyl (C=O) groups is 3. The zero-order valence-electron chi connectivity index (χ0n) is 23.1. The third kappa shape index (κ3) is 3.72. The lowest BCUT2D eigenvalue weighted by Gasteiger charge is -2.48. The Labute approximate surface area is 219 Å². The Balaban J connectivity index is 1.86. The van der Waals surface area contributed by atoms with Crippen molar-refractivity contribution in [2.75, 3.05) is 6.61 Å². The number of allylic oxidation sites excluding steroid dienone is 3. The first-order valence-corrected chi connectivity index (χ1v) is 13.2. The molecule has 0 heterocycles. The summed E-state index contributed by atoms with van der Waals surface area (Å²) in [6, 6.07) is 0. The maximum absolute atomic E-state index is 14.5. The van der Waals surface area contributed by atoms with Crippen LogP contribution in [-0.4, -0.2) is 52.4 Å². The molecule has 0 aromatic heterocycles. The normalized spacial score (nSPS) is 40.4. The van der Waals surface area contributed by atoms with E-state index in [-0.39, 0.29) is 41.1 Å². The fraction of sp³-hybridized carbons (Fsp3) is 0.633. The van der Waals surface area contributed by atoms with Crippen molar-refractivity contribution in [3.8, 4) is 0 Å². The molecule has 2 bridgehead atoms. The molecular weight excluding hydrogens is 472 g/mol. The van der Waals surface area contributed by atoms with Crippen LogP contribution in [0.3, 0.4) is 0 Å². The number of ketones is 1. The fourth-order valence-electron chi connectivity index (χ4n) is 7.28. The largest absolute Gasteiger partial charge is 0.458 e. The minimum absolute atomic E-state index is 0.0416. The summed E-state index contributed by atoms with van der Waals surface area (Å²) in [4.78, 5) is 39.8. The van der Waals surface area contributed by atoms with Crippen LogP contribution in [0.4, 0.5) is 0 Å². The molecule has 7 nitrogen and oxygen atoms in total. The van der Waals surface area contributed by atoms with Crippen LogP contribution < -0.4 is 0 Å². The predicted molar refractivity (Wildman–Crippen MR) is 138 cm³/mol. The first-order valence-electron chi connectivity index (χ1n) is 13.2. The molecule has 0 aliphatic heterocycles. The van der Waals surface area contributed by atoms with E-state index < -0.39 is 41.1 Å². The third-order valence-electron chi connectivity index (χ3n) is 9.82. The SMILES string of the molecule is CC=C(C)C(=O)OCC1=C[C@@H]2C(=O)[C@]3(C=C(C)[C@H](OC(=O)C(C)=CC)[C@@]3(O)[C@@H]1O)[C@H](C)C[C@@H]1[C@H]2C1(C)C. The lowest BCUT2D eigenvalue weighted by molar-refractivity contribution is -0.201. The van der Waals surface area contributed by atoms with Crippen molar-refractivity contribution >= 4 is 17.7 Å². The minimum Gasteiger partial charge on any atom is -0.458 e. The second-order valence-corrected chi connectivity index (χ2v) is 12.0. The number of hydrogen-bond acceptors (Lipinski definition) is 7. The van der Waals surface area contributed by atoms with Gasteiger partial charge in [-0.05, 0) is 75.4 Å². The lowest BCUT2D eigenvalue weighted by atomic mass is 9.59. The number of Topliss-reactive ketones (excluding diaryl/α,β-unsaturated/α-hetero) is 1. The molecule has 4 aliphatic carbocycles. The average molecular weight is 513 g/mol. The standard InChI is InChI=1S/C30H40O7/c1-9-15(3)26(33)36-14-19-12-20-22-21(28(22,7)8)11-18(6)29(24(20)32)13-17(5)25(30(29,35)23(19)31)37-27(34)16(4)10-2/h9-10,12-13,18,20-23,25,31,35H,11,14H2,1-8H3/t18-,20+,21-,22+,23-,25+,29+,30+/m1/s1. The zero-order chi connectivity index (χ0) is 27.7. The van der Waals surface area contributed by atoms with Crippen molar-refractivity contribution in [3.63, 3.8) is 0 Å². The number of esters is 2. The van der Waals surface area contributed by atoms with Crippen LogP contribution in [0, 0.1) is 34.5 Å². The fourth-order valence-corrected chi connectivity index (χ4v) is 7.28. The van der Waals surface area contributed by atoms with Gasteiger partial charge in [0.1, 0.15) is 12.7 Å². The van der Waals surface area contributed by atoms with Crippen LogP contribution in [-0.2, 0) is 23.9 Å². The number of hydrogen-bond donors (Lipinski definition) is 2. The van der Waals surface area contributed by atoms with Gasteiger partial charge in [-0.3, -0.25) is 4.79 Å². The number of aliphatic hydroxyl groups is 2. The molecule has 2 N–H and O–H groups in total. The van der Waals surface area contributed by atoms with Crippen LogP contribution in [0.15, 0.2) is 46.6 Å². The molecule has 0 amide bonds. The molecule has 4 aliphatic rings. The van der Waals surface area contributed by atoms with Crippen LogP contribution in [0.1, 0.15) is 61.8 Å². The number of ether oxygens (including phenoxy) is 2. The smallest absolute Gasteiger partial charge is 0.334 e. The zero-order valence-corrected chi connectivity index (χ0v) is 23.1. The highest BCUT2D eigenvalue weighted by molar-refractivity contribution is 5.96. The summed E-state index contributed by atoms with van der Waals surface area (Å²) >= 11 is 0. The van der Waals surface area contributed by atoms with Crippen LogP contribution in [0.5, 0.6) is 0 Å². The van der Waals surface area contributed by atoms with E-state index in [2.05, 4.69) is 13.8 Å². The Morgan fingerprint density at radius 1 is 1.14 bits per heavy atom. The minimum atomic E-state index is -2.15. The second kappa shape index (κ2) is 9.05. The van der Waals surface area contributed by atoms with E-state index in [1.807, 2.05) is 6.92 Å². The molecule has 4 rings (SSSR count). The van der Waals surface area contributed by atoms with Gasteiger partial charge in [-0.25, -0.2) is 9.59 Å². The van der Waals surface area contributed by atoms with Crippen molar-refractivity contribution in [1.29, 1.82) is 0 Å². The summed E-state index contributed by atoms with van der Waals surface area (Å²) < 4.78 is 11.3. The molecule has 7 heteroatoms. The van der Waals surface area contributed by atoms with Crippen molar-refractivity contribution in [2.45, 2.75) is 79.6 Å². The molecule has 0 unspecified atom stereocenters. The number of carbonyl (C=O) groups excluding carboxylic acids is 3. The highest BCUT2D eigenvalue weighted by Gasteiger charge is 2.76. The second-order valence-electron chi connectivity index (χ2n) is 12.0. The number of rotatable bonds is 5. The monoisotopic (exact) mass is 512 g/mol. The van der Waals surface area contributed by atoms with Gasteiger partial charge in [0.2, 0.25) is 0 Å². The molecule has 0 aromatic carbocycles. The van der Waals surface area contributed by atoms with Crippen molar-refractivity contribution in [1.82, 2.24) is 0 Å². The number of aliphatic hydroxyl groups excluding tert-OH is 1. The maximum Gasteiger partial charge on any atom is 0.334 e. The lowest BCUT2D eigenvalue weighted by Crippen LogP contribution is -2.65. The first kappa shape index (κ1) is 27.5. The topological polar surface area (TPSA) is 110 Å². The summed E-state index contributed by atoms with van der Waals surface area (Å²) in [5.74, 6) is -1.93. The van der Waals surface area contributed by atoms with E-state index in [1.54, 1.807) is 58.9 Å². The maximum atomic E-state index is 14.5. The highest BCUT2D eigenvalue weighted by atomic mass is 16.6. The van der Waals surface area contributed by atoms with E-state index in [0.717, 1.165) is 0 Å². The molecule has 1 spiro atoms. The Kier molecular flexibility index (Phi) is 6.73. The molecule has 8 atom stereocenters. The summed E-state index contributed by atoms with van der Waals surface area (Å²) in [6.45, 7) is 14.4. The van der Waals surface area contributed by atoms with Crippen molar-refractivity contribution in [3.05, 3.63) is 46.6 Å². The van der Waals surface area contributed by atoms with E-state index in [9.17, 15) is 24.6 Å². The van der Waals surface area contributed by atoms with Crippen LogP contribution in [0.2, 0.25) is 0 Å². The van der Waals surface area contributed by atoms with Gasteiger partial charge < -0.3 is 19.7 Å². The van der Waals surface area contributed by atoms with Gasteiger partial charge in [-0.1, -0.05) is 45.1 Å². The summed E-state index contributed by atoms with van der Waals surface area (Å²) in [5.41, 5.74) is -2.14. The third-order valence-corrected chi connectivity index (χ3v) is 9.82. The van der Waals surface area contributed by atoms with Gasteiger partial charge in [0.25, 0.3) is 0 Å². The highest BCUT2D eigenvalue weighted by Crippen LogP contribution is 2.71. The van der Waals surface area contributed by atoms with Crippen LogP contribution >= 0.6 is 0 Å². The van der Waals surface area contributed by atoms with Crippen LogP contribution in [0.25, 0.3) is 0 Å². The van der Waals surface area contributed by atoms with Crippen molar-refractivity contribution < 1.29 is 34.1 Å². The average Bonchev–Trinajstić information content (AvgIpc) is 3.35. The Hall–Kier alpha value is -2.51. The van der Waals surface area contributed by atoms with Crippen molar-refractivity contribution in [2.24, 2.45) is 34.5 Å². The summed E-state index contributed by atoms with van der Waals surface area (Å²) in [6.07, 6.45) is 4.56. The van der Waals surface area contributed by atoms with Gasteiger partial charge in [0.05, 0.1) is 5.41 Å².